The molecule has 3 aromatic carbocycles. The standard InChI is InChI=1S/C29H27NO5S/c1-32-21-11-15-16-12-22(33-2)24(35-4)14-18(16)29-26(17(15)13-23(21)34-3)28(25-9-6-10-36-25)27-19(30-29)7-5-8-20(27)31/h6,9-14,28,30H,5,7-8H2,1-4H3. The molecule has 184 valence electrons. The minimum Gasteiger partial charge on any atom is -0.493 e. The first-order valence-corrected chi connectivity index (χ1v) is 12.8. The number of Topliss-reactive ketones (excluding diaryl/α,β-unsaturated/α-hetero) is 1. The van der Waals surface area contributed by atoms with Gasteiger partial charge in [0.25, 0.3) is 0 Å². The van der Waals surface area contributed by atoms with Gasteiger partial charge in [0, 0.05) is 28.0 Å². The SMILES string of the molecule is COc1cc2c3c(c4cc(OC)c(OC)cc4c2cc1OC)C(c1cccs1)C1=C(CCCC1=O)N3. The molecule has 0 amide bonds. The second-order valence-corrected chi connectivity index (χ2v) is 10.0. The van der Waals surface area contributed by atoms with Crippen molar-refractivity contribution >= 4 is 44.4 Å². The lowest BCUT2D eigenvalue weighted by molar-refractivity contribution is -0.116. The third kappa shape index (κ3) is 3.26. The van der Waals surface area contributed by atoms with E-state index < -0.39 is 0 Å². The normalized spacial score (nSPS) is 17.0. The summed E-state index contributed by atoms with van der Waals surface area (Å²) in [6, 6.07) is 12.3. The van der Waals surface area contributed by atoms with Gasteiger partial charge in [0.15, 0.2) is 28.8 Å². The highest BCUT2D eigenvalue weighted by atomic mass is 32.1. The second kappa shape index (κ2) is 8.75. The maximum Gasteiger partial charge on any atom is 0.161 e. The molecule has 0 spiro atoms. The van der Waals surface area contributed by atoms with Crippen molar-refractivity contribution in [2.75, 3.05) is 33.8 Å². The average Bonchev–Trinajstić information content (AvgIpc) is 3.45. The van der Waals surface area contributed by atoms with Crippen LogP contribution in [0, 0.1) is 0 Å². The maximum absolute atomic E-state index is 13.4. The van der Waals surface area contributed by atoms with Gasteiger partial charge in [-0.25, -0.2) is 0 Å². The topological polar surface area (TPSA) is 66.0 Å². The zero-order valence-corrected chi connectivity index (χ0v) is 21.5. The maximum atomic E-state index is 13.4. The van der Waals surface area contributed by atoms with E-state index in [0.717, 1.165) is 61.8 Å². The molecule has 0 bridgehead atoms. The van der Waals surface area contributed by atoms with Gasteiger partial charge in [-0.1, -0.05) is 6.07 Å². The number of ketones is 1. The fourth-order valence-electron chi connectivity index (χ4n) is 5.71. The molecule has 6 nitrogen and oxygen atoms in total. The van der Waals surface area contributed by atoms with Crippen LogP contribution in [0.2, 0.25) is 0 Å². The number of anilines is 1. The van der Waals surface area contributed by atoms with Gasteiger partial charge in [-0.2, -0.15) is 0 Å². The van der Waals surface area contributed by atoms with Gasteiger partial charge < -0.3 is 24.3 Å². The molecule has 0 radical (unpaired) electrons. The number of allylic oxidation sites excluding steroid dienone is 2. The zero-order chi connectivity index (χ0) is 25.0. The van der Waals surface area contributed by atoms with E-state index in [-0.39, 0.29) is 11.7 Å². The fraction of sp³-hybridized carbons (Fsp3) is 0.276. The molecule has 1 aromatic heterocycles. The summed E-state index contributed by atoms with van der Waals surface area (Å²) >= 11 is 1.68. The summed E-state index contributed by atoms with van der Waals surface area (Å²) in [4.78, 5) is 14.5. The molecule has 6 rings (SSSR count). The van der Waals surface area contributed by atoms with E-state index in [1.807, 2.05) is 24.3 Å². The number of hydrogen-bond acceptors (Lipinski definition) is 7. The van der Waals surface area contributed by atoms with Gasteiger partial charge in [-0.3, -0.25) is 4.79 Å². The predicted octanol–water partition coefficient (Wildman–Crippen LogP) is 6.65. The van der Waals surface area contributed by atoms with Crippen molar-refractivity contribution in [3.8, 4) is 23.0 Å². The summed E-state index contributed by atoms with van der Waals surface area (Å²) in [7, 11) is 6.57. The summed E-state index contributed by atoms with van der Waals surface area (Å²) in [5, 5.41) is 9.80. The molecule has 4 aromatic rings. The quantitative estimate of drug-likeness (QED) is 0.309. The van der Waals surface area contributed by atoms with E-state index in [1.54, 1.807) is 39.8 Å². The van der Waals surface area contributed by atoms with E-state index >= 15 is 0 Å². The van der Waals surface area contributed by atoms with Crippen LogP contribution in [0.25, 0.3) is 21.5 Å². The summed E-state index contributed by atoms with van der Waals surface area (Å²) in [5.41, 5.74) is 3.97. The molecule has 1 atom stereocenters. The van der Waals surface area contributed by atoms with Crippen molar-refractivity contribution in [1.82, 2.24) is 0 Å². The minimum atomic E-state index is -0.165. The van der Waals surface area contributed by atoms with Crippen molar-refractivity contribution in [3.05, 3.63) is 63.5 Å². The Morgan fingerprint density at radius 2 is 1.39 bits per heavy atom. The van der Waals surface area contributed by atoms with Crippen LogP contribution in [0.1, 0.15) is 35.6 Å². The van der Waals surface area contributed by atoms with E-state index in [0.29, 0.717) is 29.4 Å². The number of rotatable bonds is 5. The lowest BCUT2D eigenvalue weighted by atomic mass is 9.75. The Balaban J connectivity index is 1.81. The third-order valence-electron chi connectivity index (χ3n) is 7.30. The van der Waals surface area contributed by atoms with Gasteiger partial charge >= 0.3 is 0 Å². The first kappa shape index (κ1) is 22.7. The molecule has 1 aliphatic carbocycles. The Morgan fingerprint density at radius 1 is 0.806 bits per heavy atom. The molecular formula is C29H27NO5S. The van der Waals surface area contributed by atoms with Crippen molar-refractivity contribution in [2.45, 2.75) is 25.2 Å². The predicted molar refractivity (Wildman–Crippen MR) is 143 cm³/mol. The number of carbonyl (C=O) groups excluding carboxylic acids is 1. The molecule has 7 heteroatoms. The molecule has 1 aliphatic heterocycles. The first-order valence-electron chi connectivity index (χ1n) is 11.9. The van der Waals surface area contributed by atoms with E-state index in [4.69, 9.17) is 18.9 Å². The number of nitrogens with one attached hydrogen (secondary N) is 1. The molecule has 0 saturated heterocycles. The van der Waals surface area contributed by atoms with Crippen LogP contribution >= 0.6 is 11.3 Å². The van der Waals surface area contributed by atoms with Crippen LogP contribution in [-0.2, 0) is 4.79 Å². The van der Waals surface area contributed by atoms with Crippen LogP contribution in [0.3, 0.4) is 0 Å². The summed E-state index contributed by atoms with van der Waals surface area (Å²) in [5.74, 6) is 2.65. The second-order valence-electron chi connectivity index (χ2n) is 9.04. The number of carbonyl (C=O) groups is 1. The van der Waals surface area contributed by atoms with Crippen LogP contribution in [0.4, 0.5) is 5.69 Å². The molecule has 1 N–H and O–H groups in total. The van der Waals surface area contributed by atoms with Crippen LogP contribution in [-0.4, -0.2) is 34.2 Å². The van der Waals surface area contributed by atoms with Crippen LogP contribution in [0.5, 0.6) is 23.0 Å². The molecular weight excluding hydrogens is 474 g/mol. The van der Waals surface area contributed by atoms with Gasteiger partial charge in [-0.05, 0) is 70.3 Å². The van der Waals surface area contributed by atoms with Crippen LogP contribution < -0.4 is 24.3 Å². The first-order chi connectivity index (χ1) is 17.6. The summed E-state index contributed by atoms with van der Waals surface area (Å²) in [6.45, 7) is 0. The van der Waals surface area contributed by atoms with Gasteiger partial charge in [0.2, 0.25) is 0 Å². The number of methoxy groups -OCH3 is 4. The van der Waals surface area contributed by atoms with Crippen molar-refractivity contribution in [1.29, 1.82) is 0 Å². The highest BCUT2D eigenvalue weighted by Crippen LogP contribution is 2.54. The Labute approximate surface area is 213 Å². The highest BCUT2D eigenvalue weighted by molar-refractivity contribution is 7.10. The highest BCUT2D eigenvalue weighted by Gasteiger charge is 2.38. The fourth-order valence-corrected chi connectivity index (χ4v) is 6.55. The number of ether oxygens (including phenoxy) is 4. The van der Waals surface area contributed by atoms with E-state index in [9.17, 15) is 4.79 Å². The van der Waals surface area contributed by atoms with E-state index in [2.05, 4.69) is 22.8 Å². The lowest BCUT2D eigenvalue weighted by Crippen LogP contribution is -2.27. The van der Waals surface area contributed by atoms with Gasteiger partial charge in [-0.15, -0.1) is 11.3 Å². The Bertz CT molecular complexity index is 1550. The summed E-state index contributed by atoms with van der Waals surface area (Å²) in [6.07, 6.45) is 2.28. The molecule has 0 saturated carbocycles. The van der Waals surface area contributed by atoms with Crippen molar-refractivity contribution in [2.24, 2.45) is 0 Å². The zero-order valence-electron chi connectivity index (χ0n) is 20.7. The number of benzene rings is 3. The third-order valence-corrected chi connectivity index (χ3v) is 8.24. The number of thiophene rings is 1. The van der Waals surface area contributed by atoms with Crippen molar-refractivity contribution < 1.29 is 23.7 Å². The Kier molecular flexibility index (Phi) is 5.52. The summed E-state index contributed by atoms with van der Waals surface area (Å²) < 4.78 is 22.8. The molecule has 2 aliphatic rings. The van der Waals surface area contributed by atoms with Crippen molar-refractivity contribution in [3.63, 3.8) is 0 Å². The molecule has 0 fully saturated rings. The van der Waals surface area contributed by atoms with Gasteiger partial charge in [0.05, 0.1) is 40.0 Å². The lowest BCUT2D eigenvalue weighted by Gasteiger charge is -2.35. The molecule has 36 heavy (non-hydrogen) atoms. The number of fused-ring (bicyclic) bond motifs is 6. The number of hydrogen-bond donors (Lipinski definition) is 1. The monoisotopic (exact) mass is 501 g/mol. The Hall–Kier alpha value is -3.71. The molecule has 1 unspecified atom stereocenters. The smallest absolute Gasteiger partial charge is 0.161 e. The van der Waals surface area contributed by atoms with Gasteiger partial charge in [0.1, 0.15) is 0 Å². The molecule has 2 heterocycles. The minimum absolute atomic E-state index is 0.165. The Morgan fingerprint density at radius 3 is 1.97 bits per heavy atom. The van der Waals surface area contributed by atoms with Crippen LogP contribution in [0.15, 0.2) is 53.0 Å². The average molecular weight is 502 g/mol. The largest absolute Gasteiger partial charge is 0.493 e. The van der Waals surface area contributed by atoms with E-state index in [1.165, 1.54) is 0 Å².